The van der Waals surface area contributed by atoms with Crippen molar-refractivity contribution in [3.8, 4) is 0 Å². The molecule has 5 heteroatoms. The van der Waals surface area contributed by atoms with E-state index in [0.717, 1.165) is 5.52 Å². The summed E-state index contributed by atoms with van der Waals surface area (Å²) in [6, 6.07) is 5.41. The summed E-state index contributed by atoms with van der Waals surface area (Å²) in [5.74, 6) is 0.679. The molecule has 2 aromatic heterocycles. The van der Waals surface area contributed by atoms with Crippen LogP contribution in [-0.2, 0) is 6.42 Å². The van der Waals surface area contributed by atoms with Crippen LogP contribution < -0.4 is 0 Å². The van der Waals surface area contributed by atoms with Crippen molar-refractivity contribution in [3.63, 3.8) is 0 Å². The molecular weight excluding hydrogens is 223 g/mol. The quantitative estimate of drug-likeness (QED) is 0.804. The lowest BCUT2D eigenvalue weighted by Gasteiger charge is -2.00. The Hall–Kier alpha value is -0.770. The number of pyridine rings is 1. The molecule has 0 aliphatic carbocycles. The number of aliphatic hydroxyl groups excluding tert-OH is 1. The van der Waals surface area contributed by atoms with Crippen molar-refractivity contribution >= 4 is 28.7 Å². The summed E-state index contributed by atoms with van der Waals surface area (Å²) in [4.78, 5) is 4.12. The van der Waals surface area contributed by atoms with Crippen molar-refractivity contribution in [3.05, 3.63) is 34.3 Å². The van der Waals surface area contributed by atoms with Crippen LogP contribution in [0.3, 0.4) is 0 Å². The van der Waals surface area contributed by atoms with Crippen molar-refractivity contribution in [2.24, 2.45) is 0 Å². The van der Waals surface area contributed by atoms with E-state index < -0.39 is 0 Å². The van der Waals surface area contributed by atoms with Crippen LogP contribution in [0.2, 0.25) is 10.3 Å². The van der Waals surface area contributed by atoms with Gasteiger partial charge >= 0.3 is 0 Å². The molecule has 0 spiro atoms. The van der Waals surface area contributed by atoms with Crippen molar-refractivity contribution < 1.29 is 5.11 Å². The van der Waals surface area contributed by atoms with Crippen molar-refractivity contribution in [2.75, 3.05) is 6.61 Å². The summed E-state index contributed by atoms with van der Waals surface area (Å²) in [6.45, 7) is 0.0284. The van der Waals surface area contributed by atoms with Crippen LogP contribution in [-0.4, -0.2) is 21.1 Å². The Kier molecular flexibility index (Phi) is 2.63. The lowest BCUT2D eigenvalue weighted by Crippen LogP contribution is -1.98. The smallest absolute Gasteiger partial charge is 0.155 e. The highest BCUT2D eigenvalue weighted by molar-refractivity contribution is 6.33. The van der Waals surface area contributed by atoms with Gasteiger partial charge in [0.25, 0.3) is 0 Å². The van der Waals surface area contributed by atoms with Crippen LogP contribution in [0.15, 0.2) is 18.2 Å². The lowest BCUT2D eigenvalue weighted by atomic mass is 10.4. The fourth-order valence-corrected chi connectivity index (χ4v) is 1.90. The summed E-state index contributed by atoms with van der Waals surface area (Å²) in [7, 11) is 0. The van der Waals surface area contributed by atoms with E-state index in [1.54, 1.807) is 10.5 Å². The molecule has 74 valence electrons. The Morgan fingerprint density at radius 3 is 2.86 bits per heavy atom. The first-order valence-electron chi connectivity index (χ1n) is 4.16. The van der Waals surface area contributed by atoms with Crippen LogP contribution in [0, 0.1) is 0 Å². The molecule has 0 amide bonds. The second-order valence-corrected chi connectivity index (χ2v) is 3.61. The number of hydrogen-bond donors (Lipinski definition) is 1. The van der Waals surface area contributed by atoms with Crippen LogP contribution in [0.5, 0.6) is 0 Å². The van der Waals surface area contributed by atoms with Gasteiger partial charge in [-0.1, -0.05) is 29.3 Å². The van der Waals surface area contributed by atoms with E-state index in [2.05, 4.69) is 4.98 Å². The first kappa shape index (κ1) is 9.77. The van der Waals surface area contributed by atoms with Gasteiger partial charge in [0.1, 0.15) is 11.0 Å². The molecule has 2 rings (SSSR count). The third kappa shape index (κ3) is 1.47. The highest BCUT2D eigenvalue weighted by Crippen LogP contribution is 2.22. The van der Waals surface area contributed by atoms with E-state index in [1.807, 2.05) is 12.1 Å². The van der Waals surface area contributed by atoms with Crippen LogP contribution in [0.25, 0.3) is 5.52 Å². The molecule has 0 saturated carbocycles. The normalized spacial score (nSPS) is 11.1. The first-order chi connectivity index (χ1) is 6.74. The topological polar surface area (TPSA) is 37.5 Å². The molecule has 0 bridgehead atoms. The van der Waals surface area contributed by atoms with E-state index in [4.69, 9.17) is 28.3 Å². The summed E-state index contributed by atoms with van der Waals surface area (Å²) in [6.07, 6.45) is 0.442. The number of aromatic nitrogens is 2. The van der Waals surface area contributed by atoms with E-state index >= 15 is 0 Å². The minimum atomic E-state index is 0.0284. The van der Waals surface area contributed by atoms with Gasteiger partial charge in [-0.2, -0.15) is 0 Å². The van der Waals surface area contributed by atoms with E-state index in [0.29, 0.717) is 22.6 Å². The molecule has 2 heterocycles. The highest BCUT2D eigenvalue weighted by Gasteiger charge is 2.10. The number of imidazole rings is 1. The van der Waals surface area contributed by atoms with Crippen LogP contribution in [0.4, 0.5) is 0 Å². The number of aliphatic hydroxyl groups is 1. The monoisotopic (exact) mass is 230 g/mol. The number of hydrogen-bond acceptors (Lipinski definition) is 2. The van der Waals surface area contributed by atoms with Crippen LogP contribution in [0.1, 0.15) is 5.82 Å². The third-order valence-corrected chi connectivity index (χ3v) is 2.55. The predicted molar refractivity (Wildman–Crippen MR) is 56.0 cm³/mol. The summed E-state index contributed by atoms with van der Waals surface area (Å²) >= 11 is 11.9. The van der Waals surface area contributed by atoms with Gasteiger partial charge in [0.2, 0.25) is 0 Å². The molecule has 14 heavy (non-hydrogen) atoms. The average molecular weight is 231 g/mol. The minimum absolute atomic E-state index is 0.0284. The fourth-order valence-electron chi connectivity index (χ4n) is 1.39. The van der Waals surface area contributed by atoms with Crippen molar-refractivity contribution in [1.82, 2.24) is 9.38 Å². The minimum Gasteiger partial charge on any atom is -0.396 e. The molecule has 0 radical (unpaired) electrons. The van der Waals surface area contributed by atoms with Gasteiger partial charge in [-0.25, -0.2) is 4.98 Å². The first-order valence-corrected chi connectivity index (χ1v) is 4.92. The van der Waals surface area contributed by atoms with Gasteiger partial charge < -0.3 is 5.11 Å². The molecule has 0 saturated heterocycles. The van der Waals surface area contributed by atoms with E-state index in [1.165, 1.54) is 0 Å². The molecule has 0 unspecified atom stereocenters. The number of rotatable bonds is 2. The van der Waals surface area contributed by atoms with E-state index in [9.17, 15) is 0 Å². The maximum absolute atomic E-state index is 8.84. The number of fused-ring (bicyclic) bond motifs is 1. The van der Waals surface area contributed by atoms with Gasteiger partial charge in [-0.3, -0.25) is 4.40 Å². The summed E-state index contributed by atoms with van der Waals surface area (Å²) < 4.78 is 1.74. The van der Waals surface area contributed by atoms with E-state index in [-0.39, 0.29) is 6.61 Å². The second-order valence-electron chi connectivity index (χ2n) is 2.86. The predicted octanol–water partition coefficient (Wildman–Crippen LogP) is 2.18. The largest absolute Gasteiger partial charge is 0.396 e. The third-order valence-electron chi connectivity index (χ3n) is 1.97. The molecule has 0 aliphatic rings. The van der Waals surface area contributed by atoms with Gasteiger partial charge in [0, 0.05) is 6.42 Å². The van der Waals surface area contributed by atoms with Gasteiger partial charge in [-0.05, 0) is 12.1 Å². The Labute approximate surface area is 90.9 Å². The molecule has 0 atom stereocenters. The van der Waals surface area contributed by atoms with Gasteiger partial charge in [0.05, 0.1) is 12.1 Å². The Morgan fingerprint density at radius 1 is 1.36 bits per heavy atom. The van der Waals surface area contributed by atoms with Gasteiger partial charge in [-0.15, -0.1) is 0 Å². The summed E-state index contributed by atoms with van der Waals surface area (Å²) in [5.41, 5.74) is 0.766. The summed E-state index contributed by atoms with van der Waals surface area (Å²) in [5, 5.41) is 9.80. The lowest BCUT2D eigenvalue weighted by molar-refractivity contribution is 0.296. The van der Waals surface area contributed by atoms with Gasteiger partial charge in [0.15, 0.2) is 5.15 Å². The van der Waals surface area contributed by atoms with Crippen molar-refractivity contribution in [1.29, 1.82) is 0 Å². The molecular formula is C9H8Cl2N2O. The number of nitrogens with zero attached hydrogens (tertiary/aromatic N) is 2. The molecule has 3 nitrogen and oxygen atoms in total. The fraction of sp³-hybridized carbons (Fsp3) is 0.222. The Balaban J connectivity index is 2.72. The molecule has 2 aromatic rings. The number of halogens is 2. The zero-order chi connectivity index (χ0) is 10.1. The maximum atomic E-state index is 8.84. The standard InChI is InChI=1S/C9H8Cl2N2O/c10-7-3-1-2-6-9(11)12-8(4-5-14)13(6)7/h1-3,14H,4-5H2. The maximum Gasteiger partial charge on any atom is 0.155 e. The highest BCUT2D eigenvalue weighted by atomic mass is 35.5. The zero-order valence-corrected chi connectivity index (χ0v) is 8.76. The molecule has 0 aliphatic heterocycles. The Bertz CT molecular complexity index is 467. The zero-order valence-electron chi connectivity index (χ0n) is 7.24. The SMILES string of the molecule is OCCc1nc(Cl)c2cccc(Cl)n12. The average Bonchev–Trinajstić information content (AvgIpc) is 2.46. The molecule has 0 fully saturated rings. The molecule has 0 aromatic carbocycles. The molecule has 1 N–H and O–H groups in total. The Morgan fingerprint density at radius 2 is 2.14 bits per heavy atom. The van der Waals surface area contributed by atoms with Crippen molar-refractivity contribution in [2.45, 2.75) is 6.42 Å². The second kappa shape index (κ2) is 3.77. The van der Waals surface area contributed by atoms with Crippen LogP contribution >= 0.6 is 23.2 Å².